The molecule has 0 saturated heterocycles. The summed E-state index contributed by atoms with van der Waals surface area (Å²) in [5, 5.41) is 10.1. The fraction of sp³-hybridized carbons (Fsp3) is 0.667. The van der Waals surface area contributed by atoms with Gasteiger partial charge in [0.15, 0.2) is 5.96 Å². The smallest absolute Gasteiger partial charge is 0.223 e. The monoisotopic (exact) mass is 412 g/mol. The van der Waals surface area contributed by atoms with E-state index in [1.165, 1.54) is 24.8 Å². The van der Waals surface area contributed by atoms with Crippen LogP contribution in [0.3, 0.4) is 0 Å². The number of guanidine groups is 1. The molecule has 1 atom stereocenters. The summed E-state index contributed by atoms with van der Waals surface area (Å²) in [6.45, 7) is 4.30. The summed E-state index contributed by atoms with van der Waals surface area (Å²) >= 11 is 0. The van der Waals surface area contributed by atoms with Crippen LogP contribution in [0.15, 0.2) is 29.3 Å². The Kier molecular flexibility index (Phi) is 6.80. The van der Waals surface area contributed by atoms with Gasteiger partial charge in [-0.1, -0.05) is 24.6 Å². The molecule has 3 N–H and O–H groups in total. The molecule has 1 amide bonds. The number of nitrogens with zero attached hydrogens (tertiary/aromatic N) is 1. The predicted octanol–water partition coefficient (Wildman–Crippen LogP) is 3.68. The first kappa shape index (κ1) is 21.0. The van der Waals surface area contributed by atoms with Gasteiger partial charge in [0.1, 0.15) is 11.4 Å². The van der Waals surface area contributed by atoms with Crippen molar-refractivity contribution < 1.29 is 9.53 Å². The molecule has 2 fully saturated rings. The van der Waals surface area contributed by atoms with Gasteiger partial charge in [-0.15, -0.1) is 0 Å². The quantitative estimate of drug-likeness (QED) is 0.363. The van der Waals surface area contributed by atoms with Crippen molar-refractivity contribution >= 4 is 11.9 Å². The number of amides is 1. The molecule has 1 heterocycles. The third kappa shape index (κ3) is 4.90. The van der Waals surface area contributed by atoms with E-state index >= 15 is 0 Å². The second-order valence-electron chi connectivity index (χ2n) is 8.96. The highest BCUT2D eigenvalue weighted by atomic mass is 16.5. The van der Waals surface area contributed by atoms with E-state index in [1.54, 1.807) is 0 Å². The van der Waals surface area contributed by atoms with Crippen LogP contribution in [-0.4, -0.2) is 37.1 Å². The van der Waals surface area contributed by atoms with E-state index in [-0.39, 0.29) is 23.5 Å². The van der Waals surface area contributed by atoms with Crippen molar-refractivity contribution in [2.24, 2.45) is 10.9 Å². The predicted molar refractivity (Wildman–Crippen MR) is 120 cm³/mol. The topological polar surface area (TPSA) is 74.8 Å². The van der Waals surface area contributed by atoms with Crippen LogP contribution in [0, 0.1) is 5.92 Å². The zero-order valence-electron chi connectivity index (χ0n) is 18.2. The Balaban J connectivity index is 1.35. The summed E-state index contributed by atoms with van der Waals surface area (Å²) in [7, 11) is 0. The van der Waals surface area contributed by atoms with Crippen LogP contribution in [-0.2, 0) is 4.79 Å². The maximum absolute atomic E-state index is 11.9. The van der Waals surface area contributed by atoms with E-state index in [1.807, 2.05) is 0 Å². The Bertz CT molecular complexity index is 753. The number of benzene rings is 1. The maximum atomic E-state index is 11.9. The van der Waals surface area contributed by atoms with E-state index in [2.05, 4.69) is 47.1 Å². The molecule has 0 radical (unpaired) electrons. The van der Waals surface area contributed by atoms with Crippen molar-refractivity contribution in [1.29, 1.82) is 0 Å². The van der Waals surface area contributed by atoms with E-state index in [4.69, 9.17) is 9.73 Å². The van der Waals surface area contributed by atoms with E-state index < -0.39 is 0 Å². The standard InChI is InChI=1S/C24H36N4O2/c1-2-25-23(27-16-8-15-26-22(29)18-9-7-10-18)28-20-17-24(13-5-6-14-24)30-21-12-4-3-11-19(20)21/h3-4,11-12,18,20H,2,5-10,13-17H2,1H3,(H,26,29)(H2,25,27,28). The lowest BCUT2D eigenvalue weighted by molar-refractivity contribution is -0.127. The average Bonchev–Trinajstić information content (AvgIpc) is 3.13. The molecule has 4 rings (SSSR count). The highest BCUT2D eigenvalue weighted by Gasteiger charge is 2.43. The number of aliphatic imine (C=N–C) groups is 1. The van der Waals surface area contributed by atoms with Crippen LogP contribution in [0.5, 0.6) is 5.75 Å². The van der Waals surface area contributed by atoms with Gasteiger partial charge in [-0.05, 0) is 57.9 Å². The normalized spacial score (nSPS) is 22.7. The van der Waals surface area contributed by atoms with E-state index in [0.29, 0.717) is 13.1 Å². The van der Waals surface area contributed by atoms with Crippen LogP contribution in [0.2, 0.25) is 0 Å². The number of ether oxygens (including phenoxy) is 1. The zero-order chi connectivity index (χ0) is 20.8. The van der Waals surface area contributed by atoms with Crippen molar-refractivity contribution in [2.45, 2.75) is 76.4 Å². The molecule has 1 aliphatic heterocycles. The number of rotatable bonds is 7. The highest BCUT2D eigenvalue weighted by molar-refractivity contribution is 5.80. The summed E-state index contributed by atoms with van der Waals surface area (Å²) in [6.07, 6.45) is 9.87. The average molecular weight is 413 g/mol. The van der Waals surface area contributed by atoms with Crippen molar-refractivity contribution in [3.8, 4) is 5.75 Å². The minimum atomic E-state index is -0.0326. The summed E-state index contributed by atoms with van der Waals surface area (Å²) < 4.78 is 6.48. The molecule has 2 aliphatic carbocycles. The molecular formula is C24H36N4O2. The van der Waals surface area contributed by atoms with Gasteiger partial charge < -0.3 is 20.7 Å². The number of carbonyl (C=O) groups excluding carboxylic acids is 1. The van der Waals surface area contributed by atoms with Crippen LogP contribution in [0.25, 0.3) is 0 Å². The first-order chi connectivity index (χ1) is 14.7. The van der Waals surface area contributed by atoms with Crippen molar-refractivity contribution in [2.75, 3.05) is 19.6 Å². The Morgan fingerprint density at radius 3 is 2.70 bits per heavy atom. The molecule has 1 aromatic carbocycles. The summed E-state index contributed by atoms with van der Waals surface area (Å²) in [5.74, 6) is 2.33. The molecule has 6 heteroatoms. The molecule has 2 saturated carbocycles. The van der Waals surface area contributed by atoms with Gasteiger partial charge in [-0.3, -0.25) is 9.79 Å². The van der Waals surface area contributed by atoms with Crippen LogP contribution < -0.4 is 20.7 Å². The molecular weight excluding hydrogens is 376 g/mol. The van der Waals surface area contributed by atoms with Gasteiger partial charge in [0.25, 0.3) is 0 Å². The lowest BCUT2D eigenvalue weighted by atomic mass is 9.85. The summed E-state index contributed by atoms with van der Waals surface area (Å²) in [6, 6.07) is 8.59. The SMILES string of the molecule is CCNC(=NCCCNC(=O)C1CCC1)NC1CC2(CCCC2)Oc2ccccc21. The molecule has 1 aromatic rings. The second-order valence-corrected chi connectivity index (χ2v) is 8.96. The summed E-state index contributed by atoms with van der Waals surface area (Å²) in [4.78, 5) is 16.7. The number of para-hydroxylation sites is 1. The van der Waals surface area contributed by atoms with E-state index in [9.17, 15) is 4.79 Å². The number of nitrogens with one attached hydrogen (secondary N) is 3. The number of hydrogen-bond donors (Lipinski definition) is 3. The highest BCUT2D eigenvalue weighted by Crippen LogP contribution is 2.46. The van der Waals surface area contributed by atoms with Gasteiger partial charge in [-0.25, -0.2) is 0 Å². The maximum Gasteiger partial charge on any atom is 0.223 e. The fourth-order valence-corrected chi connectivity index (χ4v) is 4.85. The van der Waals surface area contributed by atoms with Gasteiger partial charge >= 0.3 is 0 Å². The third-order valence-corrected chi connectivity index (χ3v) is 6.75. The zero-order valence-corrected chi connectivity index (χ0v) is 18.2. The Morgan fingerprint density at radius 2 is 1.97 bits per heavy atom. The van der Waals surface area contributed by atoms with Crippen LogP contribution >= 0.6 is 0 Å². The third-order valence-electron chi connectivity index (χ3n) is 6.75. The molecule has 3 aliphatic rings. The molecule has 1 spiro atoms. The molecule has 30 heavy (non-hydrogen) atoms. The molecule has 6 nitrogen and oxygen atoms in total. The van der Waals surface area contributed by atoms with Crippen LogP contribution in [0.1, 0.15) is 76.3 Å². The van der Waals surface area contributed by atoms with Gasteiger partial charge in [-0.2, -0.15) is 0 Å². The number of fused-ring (bicyclic) bond motifs is 1. The minimum absolute atomic E-state index is 0.0326. The largest absolute Gasteiger partial charge is 0.487 e. The molecule has 1 unspecified atom stereocenters. The van der Waals surface area contributed by atoms with Gasteiger partial charge in [0.05, 0.1) is 6.04 Å². The van der Waals surface area contributed by atoms with E-state index in [0.717, 1.165) is 56.8 Å². The summed E-state index contributed by atoms with van der Waals surface area (Å²) in [5.41, 5.74) is 1.18. The second kappa shape index (κ2) is 9.71. The van der Waals surface area contributed by atoms with Crippen molar-refractivity contribution in [1.82, 2.24) is 16.0 Å². The fourth-order valence-electron chi connectivity index (χ4n) is 4.85. The Labute approximate surface area is 180 Å². The van der Waals surface area contributed by atoms with Gasteiger partial charge in [0, 0.05) is 37.5 Å². The Morgan fingerprint density at radius 1 is 1.17 bits per heavy atom. The minimum Gasteiger partial charge on any atom is -0.487 e. The lowest BCUT2D eigenvalue weighted by Crippen LogP contribution is -2.46. The molecule has 0 aromatic heterocycles. The number of carbonyl (C=O) groups is 1. The van der Waals surface area contributed by atoms with Gasteiger partial charge in [0.2, 0.25) is 5.91 Å². The van der Waals surface area contributed by atoms with Crippen molar-refractivity contribution in [3.05, 3.63) is 29.8 Å². The molecule has 0 bridgehead atoms. The lowest BCUT2D eigenvalue weighted by Gasteiger charge is -2.40. The number of hydrogen-bond acceptors (Lipinski definition) is 3. The molecule has 164 valence electrons. The van der Waals surface area contributed by atoms with Crippen molar-refractivity contribution in [3.63, 3.8) is 0 Å². The van der Waals surface area contributed by atoms with Crippen LogP contribution in [0.4, 0.5) is 0 Å². The Hall–Kier alpha value is -2.24. The first-order valence-corrected chi connectivity index (χ1v) is 11.8. The first-order valence-electron chi connectivity index (χ1n) is 11.8.